The maximum Gasteiger partial charge on any atom is 0.416 e. The number of amides is 3. The van der Waals surface area contributed by atoms with E-state index < -0.39 is 23.7 Å². The van der Waals surface area contributed by atoms with Crippen LogP contribution in [-0.2, 0) is 17.5 Å². The third-order valence-corrected chi connectivity index (χ3v) is 4.06. The Morgan fingerprint density at radius 1 is 0.964 bits per heavy atom. The van der Waals surface area contributed by atoms with Crippen molar-refractivity contribution in [3.05, 3.63) is 64.2 Å². The van der Waals surface area contributed by atoms with E-state index in [2.05, 4.69) is 16.0 Å². The second-order valence-corrected chi connectivity index (χ2v) is 6.56. The van der Waals surface area contributed by atoms with Crippen molar-refractivity contribution in [1.29, 1.82) is 0 Å². The smallest absolute Gasteiger partial charge is 0.334 e. The van der Waals surface area contributed by atoms with Gasteiger partial charge in [0.1, 0.15) is 0 Å². The minimum atomic E-state index is -4.44. The van der Waals surface area contributed by atoms with Crippen LogP contribution in [0.1, 0.15) is 27.8 Å². The first-order valence-electron chi connectivity index (χ1n) is 8.62. The molecule has 0 unspecified atom stereocenters. The summed E-state index contributed by atoms with van der Waals surface area (Å²) in [4.78, 5) is 23.9. The Bertz CT molecular complexity index is 856. The van der Waals surface area contributed by atoms with Crippen LogP contribution in [0.3, 0.4) is 0 Å². The molecule has 3 amide bonds. The van der Waals surface area contributed by atoms with Gasteiger partial charge >= 0.3 is 12.2 Å². The van der Waals surface area contributed by atoms with Crippen LogP contribution in [0, 0.1) is 20.8 Å². The van der Waals surface area contributed by atoms with Gasteiger partial charge in [-0.25, -0.2) is 4.79 Å². The topological polar surface area (TPSA) is 70.2 Å². The van der Waals surface area contributed by atoms with Crippen LogP contribution >= 0.6 is 0 Å². The summed E-state index contributed by atoms with van der Waals surface area (Å²) in [7, 11) is 0. The Morgan fingerprint density at radius 3 is 2.21 bits per heavy atom. The van der Waals surface area contributed by atoms with Crippen LogP contribution in [0.25, 0.3) is 0 Å². The standard InChI is InChI=1S/C20H22F3N3O2/c1-12-7-13(2)18(14(3)8-12)26-17(27)11-25-19(28)24-10-15-5-4-6-16(9-15)20(21,22)23/h4-9H,10-11H2,1-3H3,(H,26,27)(H2,24,25,28). The summed E-state index contributed by atoms with van der Waals surface area (Å²) in [5, 5.41) is 7.57. The van der Waals surface area contributed by atoms with Crippen LogP contribution in [0.2, 0.25) is 0 Å². The molecule has 8 heteroatoms. The molecular formula is C20H22F3N3O2. The largest absolute Gasteiger partial charge is 0.416 e. The summed E-state index contributed by atoms with van der Waals surface area (Å²) in [5.41, 5.74) is 3.14. The maximum absolute atomic E-state index is 12.7. The quantitative estimate of drug-likeness (QED) is 0.717. The molecule has 2 aromatic carbocycles. The summed E-state index contributed by atoms with van der Waals surface area (Å²) in [6.07, 6.45) is -4.44. The molecule has 0 spiro atoms. The first-order valence-corrected chi connectivity index (χ1v) is 8.62. The van der Waals surface area contributed by atoms with E-state index in [9.17, 15) is 22.8 Å². The van der Waals surface area contributed by atoms with Gasteiger partial charge in [-0.15, -0.1) is 0 Å². The van der Waals surface area contributed by atoms with Gasteiger partial charge in [0.25, 0.3) is 0 Å². The Labute approximate surface area is 161 Å². The van der Waals surface area contributed by atoms with Gasteiger partial charge in [0.2, 0.25) is 5.91 Å². The lowest BCUT2D eigenvalue weighted by Crippen LogP contribution is -2.39. The second-order valence-electron chi connectivity index (χ2n) is 6.56. The zero-order valence-corrected chi connectivity index (χ0v) is 15.8. The van der Waals surface area contributed by atoms with E-state index in [1.165, 1.54) is 12.1 Å². The van der Waals surface area contributed by atoms with Gasteiger partial charge in [0, 0.05) is 12.2 Å². The van der Waals surface area contributed by atoms with E-state index in [0.29, 0.717) is 11.3 Å². The zero-order valence-electron chi connectivity index (χ0n) is 15.8. The number of nitrogens with one attached hydrogen (secondary N) is 3. The first-order chi connectivity index (χ1) is 13.1. The number of hydrogen-bond donors (Lipinski definition) is 3. The van der Waals surface area contributed by atoms with E-state index in [1.807, 2.05) is 32.9 Å². The number of halogens is 3. The maximum atomic E-state index is 12.7. The molecule has 0 aliphatic carbocycles. The highest BCUT2D eigenvalue weighted by Gasteiger charge is 2.30. The van der Waals surface area contributed by atoms with Gasteiger partial charge in [-0.05, 0) is 49.6 Å². The molecule has 0 radical (unpaired) electrons. The van der Waals surface area contributed by atoms with Crippen molar-refractivity contribution in [1.82, 2.24) is 10.6 Å². The molecule has 0 fully saturated rings. The number of benzene rings is 2. The molecule has 2 aromatic rings. The number of anilines is 1. The average Bonchev–Trinajstić information content (AvgIpc) is 2.60. The van der Waals surface area contributed by atoms with Crippen LogP contribution in [-0.4, -0.2) is 18.5 Å². The van der Waals surface area contributed by atoms with Crippen molar-refractivity contribution in [3.8, 4) is 0 Å². The number of hydrogen-bond acceptors (Lipinski definition) is 2. The minimum Gasteiger partial charge on any atom is -0.334 e. The first kappa shape index (κ1) is 21.3. The lowest BCUT2D eigenvalue weighted by molar-refractivity contribution is -0.137. The lowest BCUT2D eigenvalue weighted by atomic mass is 10.1. The van der Waals surface area contributed by atoms with E-state index >= 15 is 0 Å². The van der Waals surface area contributed by atoms with Crippen molar-refractivity contribution in [2.24, 2.45) is 0 Å². The highest BCUT2D eigenvalue weighted by Crippen LogP contribution is 2.29. The third-order valence-electron chi connectivity index (χ3n) is 4.06. The summed E-state index contributed by atoms with van der Waals surface area (Å²) in [5.74, 6) is -0.399. The van der Waals surface area contributed by atoms with Crippen LogP contribution in [0.5, 0.6) is 0 Å². The van der Waals surface area contributed by atoms with E-state index in [1.54, 1.807) is 0 Å². The zero-order chi connectivity index (χ0) is 20.9. The summed E-state index contributed by atoms with van der Waals surface area (Å²) in [6, 6.07) is 7.92. The van der Waals surface area contributed by atoms with E-state index in [4.69, 9.17) is 0 Å². The molecule has 0 bridgehead atoms. The van der Waals surface area contributed by atoms with Crippen molar-refractivity contribution in [2.75, 3.05) is 11.9 Å². The second kappa shape index (κ2) is 8.77. The van der Waals surface area contributed by atoms with Gasteiger partial charge in [0.05, 0.1) is 12.1 Å². The fraction of sp³-hybridized carbons (Fsp3) is 0.300. The monoisotopic (exact) mass is 393 g/mol. The van der Waals surface area contributed by atoms with Crippen LogP contribution < -0.4 is 16.0 Å². The van der Waals surface area contributed by atoms with Gasteiger partial charge in [-0.2, -0.15) is 13.2 Å². The summed E-state index contributed by atoms with van der Waals surface area (Å²) < 4.78 is 38.1. The average molecular weight is 393 g/mol. The molecule has 3 N–H and O–H groups in total. The Hall–Kier alpha value is -3.03. The fourth-order valence-corrected chi connectivity index (χ4v) is 2.82. The van der Waals surface area contributed by atoms with Crippen molar-refractivity contribution < 1.29 is 22.8 Å². The Kier molecular flexibility index (Phi) is 6.66. The third kappa shape index (κ3) is 6.00. The number of rotatable bonds is 5. The highest BCUT2D eigenvalue weighted by molar-refractivity contribution is 5.95. The molecule has 28 heavy (non-hydrogen) atoms. The number of aryl methyl sites for hydroxylation is 3. The number of carbonyl (C=O) groups excluding carboxylic acids is 2. The molecule has 0 aromatic heterocycles. The predicted molar refractivity (Wildman–Crippen MR) is 101 cm³/mol. The molecule has 0 aliphatic rings. The van der Waals surface area contributed by atoms with E-state index in [-0.39, 0.29) is 13.1 Å². The SMILES string of the molecule is Cc1cc(C)c(NC(=O)CNC(=O)NCc2cccc(C(F)(F)F)c2)c(C)c1. The van der Waals surface area contributed by atoms with Crippen molar-refractivity contribution in [2.45, 2.75) is 33.5 Å². The Balaban J connectivity index is 1.84. The molecule has 0 atom stereocenters. The molecule has 0 saturated carbocycles. The number of alkyl halides is 3. The summed E-state index contributed by atoms with van der Waals surface area (Å²) in [6.45, 7) is 5.37. The molecule has 0 saturated heterocycles. The van der Waals surface area contributed by atoms with Gasteiger partial charge < -0.3 is 16.0 Å². The molecular weight excluding hydrogens is 371 g/mol. The molecule has 150 valence electrons. The predicted octanol–water partition coefficient (Wildman–Crippen LogP) is 4.07. The van der Waals surface area contributed by atoms with Crippen LogP contribution in [0.15, 0.2) is 36.4 Å². The molecule has 0 aliphatic heterocycles. The highest BCUT2D eigenvalue weighted by atomic mass is 19.4. The van der Waals surface area contributed by atoms with E-state index in [0.717, 1.165) is 28.8 Å². The van der Waals surface area contributed by atoms with Crippen molar-refractivity contribution in [3.63, 3.8) is 0 Å². The molecule has 5 nitrogen and oxygen atoms in total. The normalized spacial score (nSPS) is 11.1. The molecule has 0 heterocycles. The molecule has 2 rings (SSSR count). The summed E-state index contributed by atoms with van der Waals surface area (Å²) >= 11 is 0. The number of urea groups is 1. The minimum absolute atomic E-state index is 0.0897. The van der Waals surface area contributed by atoms with Crippen LogP contribution in [0.4, 0.5) is 23.7 Å². The fourth-order valence-electron chi connectivity index (χ4n) is 2.82. The van der Waals surface area contributed by atoms with Crippen molar-refractivity contribution >= 4 is 17.6 Å². The van der Waals surface area contributed by atoms with Gasteiger partial charge in [-0.3, -0.25) is 4.79 Å². The lowest BCUT2D eigenvalue weighted by Gasteiger charge is -2.13. The number of carbonyl (C=O) groups is 2. The Morgan fingerprint density at radius 2 is 1.61 bits per heavy atom. The van der Waals surface area contributed by atoms with Gasteiger partial charge in [-0.1, -0.05) is 29.8 Å². The van der Waals surface area contributed by atoms with Gasteiger partial charge in [0.15, 0.2) is 0 Å².